The van der Waals surface area contributed by atoms with Crippen LogP contribution < -0.4 is 5.32 Å². The Bertz CT molecular complexity index is 1060. The molecule has 31 heavy (non-hydrogen) atoms. The topological polar surface area (TPSA) is 103 Å². The van der Waals surface area contributed by atoms with Crippen molar-refractivity contribution in [1.82, 2.24) is 20.1 Å². The van der Waals surface area contributed by atoms with Crippen LogP contribution in [-0.4, -0.2) is 79.7 Å². The van der Waals surface area contributed by atoms with Gasteiger partial charge in [0.15, 0.2) is 9.84 Å². The minimum Gasteiger partial charge on any atom is -0.358 e. The van der Waals surface area contributed by atoms with Gasteiger partial charge in [0.05, 0.1) is 10.8 Å². The maximum Gasteiger partial charge on any atom is 0.256 e. The number of aryl methyl sites for hydroxylation is 1. The molecule has 2 aliphatic rings. The summed E-state index contributed by atoms with van der Waals surface area (Å²) in [5, 5.41) is 1.95. The summed E-state index contributed by atoms with van der Waals surface area (Å²) in [5.41, 5.74) is 3.10. The molecule has 8 nitrogen and oxygen atoms in total. The summed E-state index contributed by atoms with van der Waals surface area (Å²) in [7, 11) is -1.26. The minimum atomic E-state index is -3.30. The van der Waals surface area contributed by atoms with Crippen molar-refractivity contribution < 1.29 is 18.0 Å². The van der Waals surface area contributed by atoms with E-state index in [4.69, 9.17) is 0 Å². The number of H-pyrrole nitrogens is 1. The van der Waals surface area contributed by atoms with Gasteiger partial charge in [0.1, 0.15) is 0 Å². The lowest BCUT2D eigenvalue weighted by Gasteiger charge is -2.32. The van der Waals surface area contributed by atoms with E-state index in [0.717, 1.165) is 24.3 Å². The fourth-order valence-corrected chi connectivity index (χ4v) is 4.60. The number of amides is 2. The summed E-state index contributed by atoms with van der Waals surface area (Å²) in [6.07, 6.45) is 9.30. The predicted molar refractivity (Wildman–Crippen MR) is 121 cm³/mol. The highest BCUT2D eigenvalue weighted by Gasteiger charge is 2.25. The molecule has 2 amide bonds. The fourth-order valence-electron chi connectivity index (χ4n) is 3.78. The van der Waals surface area contributed by atoms with Crippen LogP contribution in [0, 0.1) is 13.8 Å². The largest absolute Gasteiger partial charge is 0.358 e. The van der Waals surface area contributed by atoms with Gasteiger partial charge < -0.3 is 20.1 Å². The first-order valence-electron chi connectivity index (χ1n) is 10.3. The molecule has 168 valence electrons. The molecule has 1 aromatic rings. The van der Waals surface area contributed by atoms with E-state index >= 15 is 0 Å². The molecule has 9 heteroatoms. The van der Waals surface area contributed by atoms with Crippen molar-refractivity contribution >= 4 is 27.7 Å². The summed E-state index contributed by atoms with van der Waals surface area (Å²) in [6, 6.07) is 0. The van der Waals surface area contributed by atoms with Crippen molar-refractivity contribution in [2.75, 3.05) is 39.5 Å². The van der Waals surface area contributed by atoms with Crippen molar-refractivity contribution in [2.45, 2.75) is 25.5 Å². The van der Waals surface area contributed by atoms with Crippen molar-refractivity contribution in [2.24, 2.45) is 0 Å². The quantitative estimate of drug-likeness (QED) is 0.684. The van der Waals surface area contributed by atoms with Crippen molar-refractivity contribution in [1.29, 1.82) is 0 Å². The van der Waals surface area contributed by atoms with E-state index in [1.54, 1.807) is 12.2 Å². The van der Waals surface area contributed by atoms with Gasteiger partial charge in [-0.3, -0.25) is 9.59 Å². The number of allylic oxidation sites excluding steroid dienone is 1. The van der Waals surface area contributed by atoms with Gasteiger partial charge in [0.25, 0.3) is 11.8 Å². The van der Waals surface area contributed by atoms with Crippen LogP contribution in [0.3, 0.4) is 0 Å². The molecular formula is C22H30N4O4S. The van der Waals surface area contributed by atoms with Crippen LogP contribution in [0.4, 0.5) is 0 Å². The van der Waals surface area contributed by atoms with Gasteiger partial charge in [-0.2, -0.15) is 0 Å². The van der Waals surface area contributed by atoms with Crippen molar-refractivity contribution in [3.63, 3.8) is 0 Å². The second-order valence-corrected chi connectivity index (χ2v) is 10.5. The number of aromatic nitrogens is 1. The smallest absolute Gasteiger partial charge is 0.256 e. The van der Waals surface area contributed by atoms with Crippen molar-refractivity contribution in [3.05, 3.63) is 52.5 Å². The Hall–Kier alpha value is -2.65. The normalized spacial score (nSPS) is 22.2. The highest BCUT2D eigenvalue weighted by Crippen LogP contribution is 2.23. The lowest BCUT2D eigenvalue weighted by molar-refractivity contribution is -0.116. The van der Waals surface area contributed by atoms with E-state index in [1.807, 2.05) is 25.8 Å². The van der Waals surface area contributed by atoms with Crippen LogP contribution in [0.15, 0.2) is 30.0 Å². The number of nitrogens with one attached hydrogen (secondary N) is 2. The number of sulfone groups is 1. The number of carbonyl (C=O) groups excluding carboxylic acids is 2. The number of carbonyl (C=O) groups is 2. The zero-order valence-electron chi connectivity index (χ0n) is 18.4. The molecule has 0 saturated carbocycles. The third-order valence-corrected chi connectivity index (χ3v) is 7.23. The zero-order chi connectivity index (χ0) is 22.8. The van der Waals surface area contributed by atoms with Crippen LogP contribution >= 0.6 is 0 Å². The lowest BCUT2D eigenvalue weighted by Crippen LogP contribution is -2.47. The molecular weight excluding hydrogens is 416 g/mol. The summed E-state index contributed by atoms with van der Waals surface area (Å²) < 4.78 is 24.0. The van der Waals surface area contributed by atoms with Crippen LogP contribution in [-0.2, 0) is 14.6 Å². The minimum absolute atomic E-state index is 0.0152. The van der Waals surface area contributed by atoms with E-state index in [0.29, 0.717) is 29.9 Å². The Morgan fingerprint density at radius 1 is 1.19 bits per heavy atom. The summed E-state index contributed by atoms with van der Waals surface area (Å²) in [5.74, 6) is -0.362. The summed E-state index contributed by atoms with van der Waals surface area (Å²) >= 11 is 0. The predicted octanol–water partition coefficient (Wildman–Crippen LogP) is 1.41. The van der Waals surface area contributed by atoms with Gasteiger partial charge in [0, 0.05) is 55.6 Å². The molecule has 0 aromatic carbocycles. The second kappa shape index (κ2) is 9.23. The van der Waals surface area contributed by atoms with Crippen LogP contribution in [0.25, 0.3) is 6.08 Å². The summed E-state index contributed by atoms with van der Waals surface area (Å²) in [4.78, 5) is 33.0. The lowest BCUT2D eigenvalue weighted by atomic mass is 10.1. The third kappa shape index (κ3) is 5.34. The van der Waals surface area contributed by atoms with E-state index in [1.165, 1.54) is 24.6 Å². The molecule has 1 unspecified atom stereocenters. The molecule has 1 fully saturated rings. The van der Waals surface area contributed by atoms with Gasteiger partial charge in [-0.05, 0) is 39.0 Å². The Balaban J connectivity index is 1.94. The van der Waals surface area contributed by atoms with E-state index in [-0.39, 0.29) is 18.2 Å². The molecule has 0 bridgehead atoms. The average Bonchev–Trinajstić information content (AvgIpc) is 3.02. The highest BCUT2D eigenvalue weighted by atomic mass is 32.2. The average molecular weight is 447 g/mol. The Kier molecular flexibility index (Phi) is 6.86. The van der Waals surface area contributed by atoms with Crippen LogP contribution in [0.5, 0.6) is 0 Å². The molecule has 3 heterocycles. The van der Waals surface area contributed by atoms with Gasteiger partial charge in [-0.1, -0.05) is 18.2 Å². The molecule has 2 aliphatic heterocycles. The maximum atomic E-state index is 13.1. The molecule has 1 atom stereocenters. The third-order valence-electron chi connectivity index (χ3n) is 5.78. The summed E-state index contributed by atoms with van der Waals surface area (Å²) in [6.45, 7) is 6.74. The number of aromatic amines is 1. The van der Waals surface area contributed by atoms with E-state index in [2.05, 4.69) is 15.2 Å². The second-order valence-electron chi connectivity index (χ2n) is 8.20. The Labute approximate surface area is 183 Å². The number of hydrogen-bond donors (Lipinski definition) is 2. The first-order chi connectivity index (χ1) is 14.6. The zero-order valence-corrected chi connectivity index (χ0v) is 19.3. The molecule has 0 radical (unpaired) electrons. The number of hydrogen-bond acceptors (Lipinski definition) is 5. The molecule has 2 N–H and O–H groups in total. The monoisotopic (exact) mass is 446 g/mol. The van der Waals surface area contributed by atoms with Crippen molar-refractivity contribution in [3.8, 4) is 0 Å². The van der Waals surface area contributed by atoms with Gasteiger partial charge in [0.2, 0.25) is 0 Å². The first kappa shape index (κ1) is 23.0. The highest BCUT2D eigenvalue weighted by molar-refractivity contribution is 7.91. The Morgan fingerprint density at radius 3 is 2.52 bits per heavy atom. The van der Waals surface area contributed by atoms with Gasteiger partial charge in [-0.15, -0.1) is 0 Å². The SMILES string of the molecule is Cc1[nH]c(C=C2C=CC(S(C)(=O)=O)CC=CNC2=O)c(C)c1C(=O)N1CCN(C)CC1. The maximum absolute atomic E-state index is 13.1. The van der Waals surface area contributed by atoms with E-state index in [9.17, 15) is 18.0 Å². The van der Waals surface area contributed by atoms with Crippen LogP contribution in [0.1, 0.15) is 33.7 Å². The van der Waals surface area contributed by atoms with Crippen LogP contribution in [0.2, 0.25) is 0 Å². The number of nitrogens with zero attached hydrogens (tertiary/aromatic N) is 2. The number of rotatable bonds is 3. The molecule has 1 aromatic heterocycles. The standard InChI is InChI=1S/C22H30N4O4S/c1-15-19(24-16(2)20(15)22(28)26-12-10-25(3)11-13-26)14-17-7-8-18(31(4,29)30)6-5-9-23-21(17)27/h5,7-9,14,18,24H,6,10-13H2,1-4H3,(H,23,27). The molecule has 0 aliphatic carbocycles. The first-order valence-corrected chi connectivity index (χ1v) is 12.2. The van der Waals surface area contributed by atoms with Gasteiger partial charge >= 0.3 is 0 Å². The number of likely N-dealkylation sites (N-methyl/N-ethyl adjacent to an activating group) is 1. The fraction of sp³-hybridized carbons (Fsp3) is 0.455. The number of piperazine rings is 1. The van der Waals surface area contributed by atoms with Gasteiger partial charge in [-0.25, -0.2) is 8.42 Å². The van der Waals surface area contributed by atoms with E-state index < -0.39 is 15.1 Å². The molecule has 0 spiro atoms. The molecule has 1 saturated heterocycles. The Morgan fingerprint density at radius 2 is 1.87 bits per heavy atom. The molecule has 3 rings (SSSR count).